The fourth-order valence-electron chi connectivity index (χ4n) is 4.04. The summed E-state index contributed by atoms with van der Waals surface area (Å²) in [4.78, 5) is 23.4. The van der Waals surface area contributed by atoms with E-state index in [4.69, 9.17) is 0 Å². The fourth-order valence-corrected chi connectivity index (χ4v) is 4.04. The number of carbonyl (C=O) groups is 1. The van der Waals surface area contributed by atoms with Crippen LogP contribution < -0.4 is 5.32 Å². The van der Waals surface area contributed by atoms with Crippen LogP contribution in [0.15, 0.2) is 54.9 Å². The normalized spacial score (nSPS) is 13.8. The fraction of sp³-hybridized carbons (Fsp3) is 0.292. The first-order valence-electron chi connectivity index (χ1n) is 10.9. The molecule has 1 amide bonds. The Balaban J connectivity index is 1.40. The molecule has 162 valence electrons. The first kappa shape index (κ1) is 20.1. The SMILES string of the molecule is CC(C)n1nnc2ccc(-c3ccnc(Nc4cc(C(=O)N5CCCC5)ccn4)c3)cc21. The lowest BCUT2D eigenvalue weighted by atomic mass is 10.1. The predicted molar refractivity (Wildman–Crippen MR) is 124 cm³/mol. The highest BCUT2D eigenvalue weighted by Gasteiger charge is 2.19. The van der Waals surface area contributed by atoms with Crippen molar-refractivity contribution in [1.82, 2.24) is 29.9 Å². The summed E-state index contributed by atoms with van der Waals surface area (Å²) in [6.45, 7) is 5.82. The molecule has 0 unspecified atom stereocenters. The zero-order valence-corrected chi connectivity index (χ0v) is 18.2. The van der Waals surface area contributed by atoms with Crippen molar-refractivity contribution in [3.63, 3.8) is 0 Å². The van der Waals surface area contributed by atoms with Gasteiger partial charge >= 0.3 is 0 Å². The zero-order valence-electron chi connectivity index (χ0n) is 18.2. The number of anilines is 2. The predicted octanol–water partition coefficient (Wildman–Crippen LogP) is 4.45. The van der Waals surface area contributed by atoms with Crippen LogP contribution in [0.3, 0.4) is 0 Å². The van der Waals surface area contributed by atoms with E-state index in [0.717, 1.165) is 48.1 Å². The number of amides is 1. The molecule has 0 aliphatic carbocycles. The number of hydrogen-bond donors (Lipinski definition) is 1. The van der Waals surface area contributed by atoms with Crippen molar-refractivity contribution in [3.05, 3.63) is 60.4 Å². The Kier molecular flexibility index (Phi) is 5.26. The molecule has 8 nitrogen and oxygen atoms in total. The van der Waals surface area contributed by atoms with Gasteiger partial charge in [-0.3, -0.25) is 4.79 Å². The number of nitrogens with zero attached hydrogens (tertiary/aromatic N) is 6. The Labute approximate surface area is 186 Å². The van der Waals surface area contributed by atoms with E-state index in [0.29, 0.717) is 17.2 Å². The molecule has 1 aliphatic rings. The van der Waals surface area contributed by atoms with Crippen LogP contribution in [0.2, 0.25) is 0 Å². The van der Waals surface area contributed by atoms with Crippen molar-refractivity contribution in [2.45, 2.75) is 32.7 Å². The van der Waals surface area contributed by atoms with Gasteiger partial charge in [0.05, 0.1) is 5.52 Å². The van der Waals surface area contributed by atoms with Gasteiger partial charge in [0.25, 0.3) is 5.91 Å². The third kappa shape index (κ3) is 3.91. The highest BCUT2D eigenvalue weighted by atomic mass is 16.2. The number of hydrogen-bond acceptors (Lipinski definition) is 6. The third-order valence-corrected chi connectivity index (χ3v) is 5.71. The summed E-state index contributed by atoms with van der Waals surface area (Å²) in [6.07, 6.45) is 5.56. The minimum absolute atomic E-state index is 0.0540. The number of nitrogens with one attached hydrogen (secondary N) is 1. The highest BCUT2D eigenvalue weighted by Crippen LogP contribution is 2.27. The molecule has 5 rings (SSSR count). The van der Waals surface area contributed by atoms with Crippen LogP contribution in [0.5, 0.6) is 0 Å². The number of rotatable bonds is 5. The summed E-state index contributed by atoms with van der Waals surface area (Å²) in [5, 5.41) is 11.7. The minimum Gasteiger partial charge on any atom is -0.339 e. The molecular weight excluding hydrogens is 402 g/mol. The summed E-state index contributed by atoms with van der Waals surface area (Å²) < 4.78 is 1.92. The molecule has 0 saturated carbocycles. The number of carbonyl (C=O) groups excluding carboxylic acids is 1. The zero-order chi connectivity index (χ0) is 22.1. The molecule has 1 fully saturated rings. The maximum Gasteiger partial charge on any atom is 0.254 e. The molecule has 1 aromatic carbocycles. The average molecular weight is 428 g/mol. The monoisotopic (exact) mass is 427 g/mol. The van der Waals surface area contributed by atoms with E-state index in [-0.39, 0.29) is 11.9 Å². The van der Waals surface area contributed by atoms with E-state index in [9.17, 15) is 4.79 Å². The Morgan fingerprint density at radius 2 is 1.66 bits per heavy atom. The number of fused-ring (bicyclic) bond motifs is 1. The Hall–Kier alpha value is -3.81. The van der Waals surface area contributed by atoms with E-state index in [1.807, 2.05) is 33.8 Å². The van der Waals surface area contributed by atoms with Crippen LogP contribution in [-0.2, 0) is 0 Å². The van der Waals surface area contributed by atoms with Gasteiger partial charge in [-0.2, -0.15) is 0 Å². The smallest absolute Gasteiger partial charge is 0.254 e. The van der Waals surface area contributed by atoms with Crippen LogP contribution in [0, 0.1) is 0 Å². The Morgan fingerprint density at radius 3 is 2.44 bits per heavy atom. The maximum atomic E-state index is 12.7. The molecule has 8 heteroatoms. The molecule has 0 bridgehead atoms. The van der Waals surface area contributed by atoms with Crippen LogP contribution in [0.4, 0.5) is 11.6 Å². The van der Waals surface area contributed by atoms with E-state index in [2.05, 4.69) is 45.5 Å². The summed E-state index contributed by atoms with van der Waals surface area (Å²) in [5.74, 6) is 1.31. The lowest BCUT2D eigenvalue weighted by Crippen LogP contribution is -2.27. The van der Waals surface area contributed by atoms with Crippen molar-refractivity contribution in [2.24, 2.45) is 0 Å². The maximum absolute atomic E-state index is 12.7. The molecule has 4 heterocycles. The van der Waals surface area contributed by atoms with Crippen LogP contribution in [0.1, 0.15) is 43.1 Å². The van der Waals surface area contributed by atoms with Gasteiger partial charge in [0.2, 0.25) is 0 Å². The molecule has 0 atom stereocenters. The number of aromatic nitrogens is 5. The van der Waals surface area contributed by atoms with Gasteiger partial charge in [0.1, 0.15) is 17.2 Å². The van der Waals surface area contributed by atoms with Crippen LogP contribution >= 0.6 is 0 Å². The van der Waals surface area contributed by atoms with Gasteiger partial charge in [-0.1, -0.05) is 11.3 Å². The molecule has 32 heavy (non-hydrogen) atoms. The van der Waals surface area contributed by atoms with Crippen molar-refractivity contribution in [1.29, 1.82) is 0 Å². The Bertz CT molecular complexity index is 1270. The van der Waals surface area contributed by atoms with Crippen molar-refractivity contribution < 1.29 is 4.79 Å². The van der Waals surface area contributed by atoms with Gasteiger partial charge < -0.3 is 10.2 Å². The third-order valence-electron chi connectivity index (χ3n) is 5.71. The second-order valence-corrected chi connectivity index (χ2v) is 8.32. The molecule has 0 spiro atoms. The Morgan fingerprint density at radius 1 is 0.938 bits per heavy atom. The summed E-state index contributed by atoms with van der Waals surface area (Å²) in [5.41, 5.74) is 4.58. The summed E-state index contributed by atoms with van der Waals surface area (Å²) in [7, 11) is 0. The van der Waals surface area contributed by atoms with Crippen molar-refractivity contribution >= 4 is 28.6 Å². The minimum atomic E-state index is 0.0540. The van der Waals surface area contributed by atoms with Crippen LogP contribution in [-0.4, -0.2) is 48.9 Å². The molecule has 3 aromatic heterocycles. The lowest BCUT2D eigenvalue weighted by molar-refractivity contribution is 0.0792. The summed E-state index contributed by atoms with van der Waals surface area (Å²) in [6, 6.07) is 13.8. The topological polar surface area (TPSA) is 88.8 Å². The molecular formula is C24H25N7O. The molecule has 0 radical (unpaired) electrons. The number of pyridine rings is 2. The second-order valence-electron chi connectivity index (χ2n) is 8.32. The summed E-state index contributed by atoms with van der Waals surface area (Å²) >= 11 is 0. The van der Waals surface area contributed by atoms with Crippen LogP contribution in [0.25, 0.3) is 22.2 Å². The van der Waals surface area contributed by atoms with Gasteiger partial charge in [-0.15, -0.1) is 5.10 Å². The molecule has 1 aliphatic heterocycles. The van der Waals surface area contributed by atoms with Gasteiger partial charge in [-0.05, 0) is 74.2 Å². The van der Waals surface area contributed by atoms with E-state index < -0.39 is 0 Å². The van der Waals surface area contributed by atoms with Crippen molar-refractivity contribution in [3.8, 4) is 11.1 Å². The average Bonchev–Trinajstić information content (AvgIpc) is 3.49. The molecule has 1 N–H and O–H groups in total. The first-order chi connectivity index (χ1) is 15.6. The van der Waals surface area contributed by atoms with E-state index in [1.165, 1.54) is 0 Å². The van der Waals surface area contributed by atoms with E-state index >= 15 is 0 Å². The standard InChI is InChI=1S/C24H25N7O/c1-16(2)31-21-13-17(5-6-20(21)28-29-31)18-7-9-25-22(14-18)27-23-15-19(8-10-26-23)24(32)30-11-3-4-12-30/h5-10,13-16H,3-4,11-12H2,1-2H3,(H,25,26,27). The van der Waals surface area contributed by atoms with Crippen molar-refractivity contribution in [2.75, 3.05) is 18.4 Å². The molecule has 4 aromatic rings. The highest BCUT2D eigenvalue weighted by molar-refractivity contribution is 5.95. The number of benzene rings is 1. The largest absolute Gasteiger partial charge is 0.339 e. The van der Waals surface area contributed by atoms with Gasteiger partial charge in [0.15, 0.2) is 0 Å². The first-order valence-corrected chi connectivity index (χ1v) is 10.9. The second kappa shape index (κ2) is 8.37. The molecule has 1 saturated heterocycles. The quantitative estimate of drug-likeness (QED) is 0.506. The van der Waals surface area contributed by atoms with Gasteiger partial charge in [-0.25, -0.2) is 14.6 Å². The number of likely N-dealkylation sites (tertiary alicyclic amines) is 1. The van der Waals surface area contributed by atoms with Gasteiger partial charge in [0, 0.05) is 37.1 Å². The lowest BCUT2D eigenvalue weighted by Gasteiger charge is -2.15. The van der Waals surface area contributed by atoms with E-state index in [1.54, 1.807) is 24.5 Å².